The van der Waals surface area contributed by atoms with Crippen LogP contribution in [0.2, 0.25) is 5.02 Å². The van der Waals surface area contributed by atoms with Crippen molar-refractivity contribution in [2.24, 2.45) is 5.10 Å². The zero-order valence-corrected chi connectivity index (χ0v) is 15.6. The summed E-state index contributed by atoms with van der Waals surface area (Å²) in [5.41, 5.74) is 1.59. The van der Waals surface area contributed by atoms with E-state index in [1.54, 1.807) is 30.5 Å². The maximum atomic E-state index is 12.3. The molecule has 0 radical (unpaired) electrons. The molecule has 0 saturated carbocycles. The number of piperazine rings is 1. The summed E-state index contributed by atoms with van der Waals surface area (Å²) in [4.78, 5) is 14.5. The molecule has 0 aliphatic carbocycles. The Morgan fingerprint density at radius 2 is 2.00 bits per heavy atom. The van der Waals surface area contributed by atoms with Crippen LogP contribution in [0.25, 0.3) is 11.3 Å². The van der Waals surface area contributed by atoms with Crippen LogP contribution >= 0.6 is 11.6 Å². The fraction of sp³-hybridized carbons (Fsp3) is 0.389. The van der Waals surface area contributed by atoms with Crippen molar-refractivity contribution < 1.29 is 14.1 Å². The smallest absolute Gasteiger partial charge is 0.343 e. The Morgan fingerprint density at radius 1 is 1.31 bits per heavy atom. The number of aromatic nitrogens is 1. The molecule has 0 atom stereocenters. The van der Waals surface area contributed by atoms with Crippen molar-refractivity contribution in [3.05, 3.63) is 40.6 Å². The van der Waals surface area contributed by atoms with Gasteiger partial charge in [0.25, 0.3) is 0 Å². The lowest BCUT2D eigenvalue weighted by molar-refractivity contribution is 0.0594. The predicted octanol–water partition coefficient (Wildman–Crippen LogP) is 2.90. The standard InChI is InChI=1S/C18H21ClN4O3/c1-3-20-23-10-8-22(9-11-23)12-15-16(18(24)25-2)17(21-26-15)13-4-6-14(19)7-5-13/h3-7H,8-12H2,1-2H3/b20-3-. The first-order valence-corrected chi connectivity index (χ1v) is 8.79. The third kappa shape index (κ3) is 4.05. The minimum atomic E-state index is -0.458. The molecule has 0 amide bonds. The van der Waals surface area contributed by atoms with Crippen molar-refractivity contribution in [3.8, 4) is 11.3 Å². The van der Waals surface area contributed by atoms with E-state index in [0.29, 0.717) is 28.6 Å². The van der Waals surface area contributed by atoms with E-state index in [1.807, 2.05) is 11.9 Å². The summed E-state index contributed by atoms with van der Waals surface area (Å²) < 4.78 is 10.5. The van der Waals surface area contributed by atoms with Gasteiger partial charge in [0.1, 0.15) is 11.3 Å². The molecule has 2 heterocycles. The van der Waals surface area contributed by atoms with E-state index in [0.717, 1.165) is 31.7 Å². The number of ether oxygens (including phenoxy) is 1. The van der Waals surface area contributed by atoms with E-state index >= 15 is 0 Å². The molecular weight excluding hydrogens is 356 g/mol. The van der Waals surface area contributed by atoms with E-state index in [9.17, 15) is 4.79 Å². The largest absolute Gasteiger partial charge is 0.465 e. The van der Waals surface area contributed by atoms with Crippen LogP contribution in [0.5, 0.6) is 0 Å². The normalized spacial score (nSPS) is 15.6. The molecule has 7 nitrogen and oxygen atoms in total. The second-order valence-electron chi connectivity index (χ2n) is 5.93. The molecule has 1 saturated heterocycles. The average molecular weight is 377 g/mol. The van der Waals surface area contributed by atoms with E-state index in [4.69, 9.17) is 20.9 Å². The molecular formula is C18H21ClN4O3. The van der Waals surface area contributed by atoms with Crippen LogP contribution in [0.4, 0.5) is 0 Å². The third-order valence-corrected chi connectivity index (χ3v) is 4.52. The molecule has 0 unspecified atom stereocenters. The van der Waals surface area contributed by atoms with Crippen LogP contribution in [0.1, 0.15) is 23.0 Å². The topological polar surface area (TPSA) is 71.2 Å². The molecule has 1 aliphatic rings. The number of nitrogens with zero attached hydrogens (tertiary/aromatic N) is 4. The molecule has 1 aliphatic heterocycles. The van der Waals surface area contributed by atoms with E-state index in [-0.39, 0.29) is 0 Å². The quantitative estimate of drug-likeness (QED) is 0.590. The molecule has 26 heavy (non-hydrogen) atoms. The number of carbonyl (C=O) groups excluding carboxylic acids is 1. The van der Waals surface area contributed by atoms with E-state index in [1.165, 1.54) is 7.11 Å². The second-order valence-corrected chi connectivity index (χ2v) is 6.37. The summed E-state index contributed by atoms with van der Waals surface area (Å²) in [5.74, 6) is 0.0506. The van der Waals surface area contributed by atoms with Gasteiger partial charge in [-0.3, -0.25) is 9.91 Å². The van der Waals surface area contributed by atoms with Crippen molar-refractivity contribution in [1.29, 1.82) is 0 Å². The van der Waals surface area contributed by atoms with Crippen molar-refractivity contribution in [2.75, 3.05) is 33.3 Å². The number of halogens is 1. The number of esters is 1. The summed E-state index contributed by atoms with van der Waals surface area (Å²) in [6, 6.07) is 7.11. The number of carbonyl (C=O) groups is 1. The summed E-state index contributed by atoms with van der Waals surface area (Å²) in [6.07, 6.45) is 1.79. The van der Waals surface area contributed by atoms with Crippen LogP contribution < -0.4 is 0 Å². The van der Waals surface area contributed by atoms with Gasteiger partial charge in [-0.15, -0.1) is 0 Å². The molecule has 8 heteroatoms. The number of hydrogen-bond acceptors (Lipinski definition) is 7. The number of hydrazone groups is 1. The highest BCUT2D eigenvalue weighted by Gasteiger charge is 2.27. The molecule has 3 rings (SSSR count). The Kier molecular flexibility index (Phi) is 5.90. The highest BCUT2D eigenvalue weighted by molar-refractivity contribution is 6.30. The Labute approximate surface area is 157 Å². The Balaban J connectivity index is 1.81. The van der Waals surface area contributed by atoms with E-state index < -0.39 is 5.97 Å². The molecule has 1 aromatic heterocycles. The molecule has 0 bridgehead atoms. The monoisotopic (exact) mass is 376 g/mol. The van der Waals surface area contributed by atoms with Gasteiger partial charge < -0.3 is 9.26 Å². The van der Waals surface area contributed by atoms with E-state index in [2.05, 4.69) is 15.2 Å². The number of benzene rings is 1. The van der Waals surface area contributed by atoms with Gasteiger partial charge in [0.05, 0.1) is 13.7 Å². The van der Waals surface area contributed by atoms with Crippen molar-refractivity contribution >= 4 is 23.8 Å². The summed E-state index contributed by atoms with van der Waals surface area (Å²) in [5, 5.41) is 11.1. The van der Waals surface area contributed by atoms with Gasteiger partial charge in [-0.05, 0) is 19.1 Å². The fourth-order valence-corrected chi connectivity index (χ4v) is 3.05. The van der Waals surface area contributed by atoms with Crippen molar-refractivity contribution in [3.63, 3.8) is 0 Å². The van der Waals surface area contributed by atoms with Crippen molar-refractivity contribution in [1.82, 2.24) is 15.1 Å². The van der Waals surface area contributed by atoms with Gasteiger partial charge >= 0.3 is 5.97 Å². The predicted molar refractivity (Wildman–Crippen MR) is 99.3 cm³/mol. The first-order valence-electron chi connectivity index (χ1n) is 8.41. The Bertz CT molecular complexity index is 780. The highest BCUT2D eigenvalue weighted by Crippen LogP contribution is 2.28. The number of rotatable bonds is 5. The lowest BCUT2D eigenvalue weighted by atomic mass is 10.1. The molecule has 138 valence electrons. The molecule has 0 spiro atoms. The Morgan fingerprint density at radius 3 is 2.62 bits per heavy atom. The average Bonchev–Trinajstić information content (AvgIpc) is 3.07. The summed E-state index contributed by atoms with van der Waals surface area (Å²) in [6.45, 7) is 5.71. The van der Waals surface area contributed by atoms with Gasteiger partial charge in [0.15, 0.2) is 5.76 Å². The lowest BCUT2D eigenvalue weighted by Crippen LogP contribution is -2.43. The maximum absolute atomic E-state index is 12.3. The van der Waals surface area contributed by atoms with Gasteiger partial charge in [-0.25, -0.2) is 4.79 Å². The first kappa shape index (κ1) is 18.4. The van der Waals surface area contributed by atoms with Gasteiger partial charge in [0, 0.05) is 43.0 Å². The van der Waals surface area contributed by atoms with Crippen LogP contribution in [-0.2, 0) is 11.3 Å². The minimum Gasteiger partial charge on any atom is -0.465 e. The van der Waals surface area contributed by atoms with Gasteiger partial charge in [-0.2, -0.15) is 5.10 Å². The molecule has 1 fully saturated rings. The summed E-state index contributed by atoms with van der Waals surface area (Å²) in [7, 11) is 1.35. The van der Waals surface area contributed by atoms with Crippen LogP contribution in [-0.4, -0.2) is 60.5 Å². The third-order valence-electron chi connectivity index (χ3n) is 4.26. The van der Waals surface area contributed by atoms with Crippen LogP contribution in [0.3, 0.4) is 0 Å². The van der Waals surface area contributed by atoms with Crippen molar-refractivity contribution in [2.45, 2.75) is 13.5 Å². The molecule has 2 aromatic rings. The zero-order valence-electron chi connectivity index (χ0n) is 14.8. The number of hydrogen-bond donors (Lipinski definition) is 0. The minimum absolute atomic E-state index is 0.365. The Hall–Kier alpha value is -2.38. The molecule has 1 aromatic carbocycles. The molecule has 0 N–H and O–H groups in total. The maximum Gasteiger partial charge on any atom is 0.343 e. The van der Waals surface area contributed by atoms with Crippen LogP contribution in [0.15, 0.2) is 33.9 Å². The zero-order chi connectivity index (χ0) is 18.5. The first-order chi connectivity index (χ1) is 12.6. The van der Waals surface area contributed by atoms with Gasteiger partial charge in [0.2, 0.25) is 0 Å². The number of methoxy groups -OCH3 is 1. The summed E-state index contributed by atoms with van der Waals surface area (Å²) >= 11 is 5.94. The fourth-order valence-electron chi connectivity index (χ4n) is 2.93. The lowest BCUT2D eigenvalue weighted by Gasteiger charge is -2.32. The van der Waals surface area contributed by atoms with Crippen LogP contribution in [0, 0.1) is 0 Å². The van der Waals surface area contributed by atoms with Gasteiger partial charge in [-0.1, -0.05) is 28.9 Å². The second kappa shape index (κ2) is 8.33. The SMILES string of the molecule is C/C=N\N1CCN(Cc2onc(-c3ccc(Cl)cc3)c2C(=O)OC)CC1. The highest BCUT2D eigenvalue weighted by atomic mass is 35.5.